The van der Waals surface area contributed by atoms with Crippen LogP contribution in [0.2, 0.25) is 14.6 Å². The molecule has 0 fully saturated rings. The highest BCUT2D eigenvalue weighted by molar-refractivity contribution is 7.15. The molecule has 0 bridgehead atoms. The Bertz CT molecular complexity index is 1430. The molecule has 0 radical (unpaired) electrons. The van der Waals surface area contributed by atoms with Gasteiger partial charge in [0, 0.05) is 40.6 Å². The number of benzene rings is 2. The molecule has 14 heteroatoms. The minimum atomic E-state index is -0.779. The molecule has 0 aliphatic carbocycles. The number of aromatic nitrogens is 2. The molecule has 2 aromatic carbocycles. The fraction of sp³-hybridized carbons (Fsp3) is 0.0833. The van der Waals surface area contributed by atoms with Crippen LogP contribution < -0.4 is 16.0 Å². The summed E-state index contributed by atoms with van der Waals surface area (Å²) in [5.41, 5.74) is 2.89. The number of hydrogen-bond donors (Lipinski definition) is 3. The standard InChI is InChI=1S/C18H12Cl2N2O.C6H8ClN5O2S/c19-13-9-7-12(8-10-13)14-4-1-2-6-16(14)22-18(23)15-5-3-11-21-17(15)20;1-8-6(11-12(13)14)10-3-4-2-9-5(7)15-4/h1-11H,(H,22,23);2H,3H2,1H3,(H2,8,10,11). The van der Waals surface area contributed by atoms with Crippen LogP contribution >= 0.6 is 46.1 Å². The quantitative estimate of drug-likeness (QED) is 0.0826. The predicted molar refractivity (Wildman–Crippen MR) is 152 cm³/mol. The molecule has 196 valence electrons. The number of pyridine rings is 1. The summed E-state index contributed by atoms with van der Waals surface area (Å²) in [5.74, 6) is -0.214. The van der Waals surface area contributed by atoms with E-state index in [1.54, 1.807) is 24.5 Å². The molecule has 10 nitrogen and oxygen atoms in total. The minimum absolute atomic E-state index is 0.0875. The number of halogens is 3. The number of rotatable bonds is 6. The van der Waals surface area contributed by atoms with E-state index < -0.39 is 5.03 Å². The Hall–Kier alpha value is -3.77. The maximum absolute atomic E-state index is 12.4. The highest BCUT2D eigenvalue weighted by Crippen LogP contribution is 2.29. The van der Waals surface area contributed by atoms with Crippen LogP contribution in [0.3, 0.4) is 0 Å². The highest BCUT2D eigenvalue weighted by atomic mass is 35.5. The Morgan fingerprint density at radius 3 is 2.42 bits per heavy atom. The number of thiazole rings is 1. The summed E-state index contributed by atoms with van der Waals surface area (Å²) in [6, 6.07) is 18.3. The van der Waals surface area contributed by atoms with Gasteiger partial charge in [-0.2, -0.15) is 0 Å². The van der Waals surface area contributed by atoms with Gasteiger partial charge in [0.2, 0.25) is 0 Å². The van der Waals surface area contributed by atoms with Crippen molar-refractivity contribution in [2.45, 2.75) is 6.54 Å². The zero-order valence-corrected chi connectivity index (χ0v) is 22.8. The van der Waals surface area contributed by atoms with E-state index in [0.717, 1.165) is 16.0 Å². The van der Waals surface area contributed by atoms with Crippen molar-refractivity contribution in [2.24, 2.45) is 5.10 Å². The number of para-hydroxylation sites is 1. The molecule has 38 heavy (non-hydrogen) atoms. The molecule has 0 saturated carbocycles. The molecular formula is C24H20Cl3N7O3S. The average Bonchev–Trinajstić information content (AvgIpc) is 3.33. The summed E-state index contributed by atoms with van der Waals surface area (Å²) in [5, 5.41) is 21.4. The molecule has 0 saturated heterocycles. The first-order valence-corrected chi connectivity index (χ1v) is 12.7. The van der Waals surface area contributed by atoms with Crippen molar-refractivity contribution in [2.75, 3.05) is 12.4 Å². The van der Waals surface area contributed by atoms with E-state index in [1.807, 2.05) is 48.5 Å². The lowest BCUT2D eigenvalue weighted by Gasteiger charge is -2.12. The lowest BCUT2D eigenvalue weighted by atomic mass is 10.0. The van der Waals surface area contributed by atoms with Crippen LogP contribution in [0.1, 0.15) is 15.2 Å². The molecule has 4 aromatic rings. The lowest BCUT2D eigenvalue weighted by molar-refractivity contribution is -0.485. The smallest absolute Gasteiger partial charge is 0.268 e. The van der Waals surface area contributed by atoms with Gasteiger partial charge in [0.1, 0.15) is 10.3 Å². The fourth-order valence-corrected chi connectivity index (χ4v) is 4.26. The number of nitrogens with one attached hydrogen (secondary N) is 3. The van der Waals surface area contributed by atoms with Gasteiger partial charge >= 0.3 is 0 Å². The Morgan fingerprint density at radius 2 is 1.79 bits per heavy atom. The molecule has 4 rings (SSSR count). The van der Waals surface area contributed by atoms with Gasteiger partial charge in [0.05, 0.1) is 12.1 Å². The molecule has 0 spiro atoms. The van der Waals surface area contributed by atoms with Gasteiger partial charge in [0.15, 0.2) is 9.50 Å². The molecule has 0 aliphatic heterocycles. The number of hydrogen-bond acceptors (Lipinski definition) is 6. The number of carbonyl (C=O) groups excluding carboxylic acids is 1. The molecule has 0 unspecified atom stereocenters. The minimum Gasteiger partial charge on any atom is -0.354 e. The monoisotopic (exact) mass is 591 g/mol. The first kappa shape index (κ1) is 28.8. The van der Waals surface area contributed by atoms with Crippen molar-refractivity contribution < 1.29 is 9.83 Å². The van der Waals surface area contributed by atoms with Gasteiger partial charge < -0.3 is 16.0 Å². The molecular weight excluding hydrogens is 573 g/mol. The third-order valence-corrected chi connectivity index (χ3v) is 6.38. The average molecular weight is 593 g/mol. The van der Waals surface area contributed by atoms with Crippen LogP contribution in [0.25, 0.3) is 11.1 Å². The van der Waals surface area contributed by atoms with Crippen molar-refractivity contribution in [3.63, 3.8) is 0 Å². The van der Waals surface area contributed by atoms with Gasteiger partial charge in [-0.3, -0.25) is 4.79 Å². The third kappa shape index (κ3) is 8.67. The SMILES string of the molecule is CN/C(=N\[N+](=O)[O-])NCc1cnc(Cl)s1.O=C(Nc1ccccc1-c1ccc(Cl)cc1)c1cccnc1Cl. The van der Waals surface area contributed by atoms with Gasteiger partial charge in [-0.15, -0.1) is 11.3 Å². The predicted octanol–water partition coefficient (Wildman–Crippen LogP) is 5.96. The van der Waals surface area contributed by atoms with Crippen molar-refractivity contribution in [1.82, 2.24) is 20.6 Å². The van der Waals surface area contributed by atoms with Crippen LogP contribution in [0.15, 0.2) is 78.2 Å². The van der Waals surface area contributed by atoms with Gasteiger partial charge in [0.25, 0.3) is 11.9 Å². The number of nitrogens with zero attached hydrogens (tertiary/aromatic N) is 4. The zero-order chi connectivity index (χ0) is 27.5. The Morgan fingerprint density at radius 1 is 1.05 bits per heavy atom. The summed E-state index contributed by atoms with van der Waals surface area (Å²) in [6.45, 7) is 0.387. The Balaban J connectivity index is 0.000000232. The third-order valence-electron chi connectivity index (χ3n) is 4.71. The topological polar surface area (TPSA) is 134 Å². The molecule has 0 aliphatic rings. The maximum atomic E-state index is 12.4. The second-order valence-electron chi connectivity index (χ2n) is 7.22. The van der Waals surface area contributed by atoms with Crippen LogP contribution in [0.5, 0.6) is 0 Å². The molecule has 0 atom stereocenters. The number of carbonyl (C=O) groups is 1. The van der Waals surface area contributed by atoms with Crippen LogP contribution in [0, 0.1) is 10.1 Å². The molecule has 2 heterocycles. The van der Waals surface area contributed by atoms with Gasteiger partial charge in [-0.1, -0.05) is 65.1 Å². The summed E-state index contributed by atoms with van der Waals surface area (Å²) < 4.78 is 0.434. The normalized spacial score (nSPS) is 10.7. The lowest BCUT2D eigenvalue weighted by Crippen LogP contribution is -2.34. The van der Waals surface area contributed by atoms with Gasteiger partial charge in [-0.25, -0.2) is 20.1 Å². The number of anilines is 1. The van der Waals surface area contributed by atoms with Crippen LogP contribution in [-0.2, 0) is 6.54 Å². The molecule has 3 N–H and O–H groups in total. The van der Waals surface area contributed by atoms with Gasteiger partial charge in [-0.05, 0) is 35.9 Å². The van der Waals surface area contributed by atoms with Crippen molar-refractivity contribution in [3.05, 3.63) is 108 Å². The van der Waals surface area contributed by atoms with E-state index in [9.17, 15) is 14.9 Å². The number of hydrazone groups is 1. The molecule has 2 aromatic heterocycles. The van der Waals surface area contributed by atoms with E-state index in [1.165, 1.54) is 18.4 Å². The number of guanidine groups is 1. The van der Waals surface area contributed by atoms with E-state index in [0.29, 0.717) is 27.3 Å². The van der Waals surface area contributed by atoms with Crippen molar-refractivity contribution in [3.8, 4) is 11.1 Å². The van der Waals surface area contributed by atoms with Crippen LogP contribution in [-0.4, -0.2) is 33.9 Å². The van der Waals surface area contributed by atoms with E-state index in [2.05, 4.69) is 31.0 Å². The maximum Gasteiger partial charge on any atom is 0.268 e. The fourth-order valence-electron chi connectivity index (χ4n) is 3.01. The second kappa shape index (κ2) is 14.2. The summed E-state index contributed by atoms with van der Waals surface area (Å²) >= 11 is 18.8. The zero-order valence-electron chi connectivity index (χ0n) is 19.7. The first-order chi connectivity index (χ1) is 18.3. The van der Waals surface area contributed by atoms with E-state index >= 15 is 0 Å². The molecule has 1 amide bonds. The second-order valence-corrected chi connectivity index (χ2v) is 9.71. The Kier molecular flexibility index (Phi) is 10.8. The van der Waals surface area contributed by atoms with Crippen LogP contribution in [0.4, 0.5) is 5.69 Å². The summed E-state index contributed by atoms with van der Waals surface area (Å²) in [4.78, 5) is 31.1. The van der Waals surface area contributed by atoms with Crippen molar-refractivity contribution in [1.29, 1.82) is 0 Å². The summed E-state index contributed by atoms with van der Waals surface area (Å²) in [6.07, 6.45) is 3.14. The number of nitro groups is 1. The first-order valence-electron chi connectivity index (χ1n) is 10.8. The Labute approximate surface area is 236 Å². The highest BCUT2D eigenvalue weighted by Gasteiger charge is 2.13. The largest absolute Gasteiger partial charge is 0.354 e. The summed E-state index contributed by atoms with van der Waals surface area (Å²) in [7, 11) is 1.54. The van der Waals surface area contributed by atoms with E-state index in [4.69, 9.17) is 34.8 Å². The number of amides is 1. The van der Waals surface area contributed by atoms with E-state index in [-0.39, 0.29) is 17.0 Å². The van der Waals surface area contributed by atoms with Crippen molar-refractivity contribution >= 4 is 63.7 Å².